The van der Waals surface area contributed by atoms with Crippen molar-refractivity contribution in [2.75, 3.05) is 18.9 Å². The Labute approximate surface area is 114 Å². The van der Waals surface area contributed by atoms with E-state index >= 15 is 0 Å². The Morgan fingerprint density at radius 2 is 2.16 bits per heavy atom. The van der Waals surface area contributed by atoms with Gasteiger partial charge < -0.3 is 15.0 Å². The number of imidazole rings is 1. The van der Waals surface area contributed by atoms with Gasteiger partial charge in [-0.1, -0.05) is 6.92 Å². The molecule has 4 heteroatoms. The topological polar surface area (TPSA) is 53.1 Å². The van der Waals surface area contributed by atoms with Crippen LogP contribution in [-0.2, 0) is 11.2 Å². The maximum atomic E-state index is 5.84. The quantitative estimate of drug-likeness (QED) is 0.813. The normalized spacial score (nSPS) is 13.0. The maximum Gasteiger partial charge on any atom is 0.110 e. The Bertz CT molecular complexity index is 548. The van der Waals surface area contributed by atoms with Gasteiger partial charge in [0.05, 0.1) is 23.7 Å². The van der Waals surface area contributed by atoms with Crippen LogP contribution in [0, 0.1) is 0 Å². The van der Waals surface area contributed by atoms with Crippen LogP contribution >= 0.6 is 0 Å². The fourth-order valence-electron chi connectivity index (χ4n) is 2.42. The van der Waals surface area contributed by atoms with Crippen LogP contribution in [0.2, 0.25) is 0 Å². The third-order valence-electron chi connectivity index (χ3n) is 3.26. The van der Waals surface area contributed by atoms with Gasteiger partial charge in [-0.15, -0.1) is 0 Å². The van der Waals surface area contributed by atoms with Gasteiger partial charge in [0.2, 0.25) is 0 Å². The fraction of sp³-hybridized carbons (Fsp3) is 0.533. The van der Waals surface area contributed by atoms with E-state index < -0.39 is 0 Å². The summed E-state index contributed by atoms with van der Waals surface area (Å²) in [7, 11) is 0. The average Bonchev–Trinajstić information content (AvgIpc) is 2.73. The number of benzene rings is 1. The molecule has 19 heavy (non-hydrogen) atoms. The van der Waals surface area contributed by atoms with Crippen LogP contribution in [0.3, 0.4) is 0 Å². The molecule has 0 saturated carbocycles. The minimum atomic E-state index is 0.287. The second kappa shape index (κ2) is 6.06. The van der Waals surface area contributed by atoms with Crippen LogP contribution < -0.4 is 5.73 Å². The Morgan fingerprint density at radius 1 is 1.37 bits per heavy atom. The molecule has 1 heterocycles. The number of nitrogens with two attached hydrogens (primary N) is 1. The highest BCUT2D eigenvalue weighted by atomic mass is 16.5. The van der Waals surface area contributed by atoms with Crippen LogP contribution in [0.1, 0.15) is 39.1 Å². The van der Waals surface area contributed by atoms with Gasteiger partial charge in [-0.3, -0.25) is 0 Å². The molecule has 4 nitrogen and oxygen atoms in total. The van der Waals surface area contributed by atoms with E-state index in [9.17, 15) is 0 Å². The molecule has 0 bridgehead atoms. The summed E-state index contributed by atoms with van der Waals surface area (Å²) in [5, 5.41) is 0. The number of aryl methyl sites for hydroxylation is 1. The van der Waals surface area contributed by atoms with Crippen molar-refractivity contribution in [2.45, 2.75) is 39.7 Å². The van der Waals surface area contributed by atoms with Gasteiger partial charge in [-0.25, -0.2) is 4.98 Å². The summed E-state index contributed by atoms with van der Waals surface area (Å²) in [6.45, 7) is 7.82. The molecule has 0 fully saturated rings. The number of rotatable bonds is 6. The van der Waals surface area contributed by atoms with Crippen molar-refractivity contribution >= 4 is 16.7 Å². The van der Waals surface area contributed by atoms with Crippen LogP contribution in [-0.4, -0.2) is 22.8 Å². The molecule has 2 aromatic rings. The Morgan fingerprint density at radius 3 is 2.84 bits per heavy atom. The first-order valence-corrected chi connectivity index (χ1v) is 7.01. The van der Waals surface area contributed by atoms with Gasteiger partial charge in [0.25, 0.3) is 0 Å². The summed E-state index contributed by atoms with van der Waals surface area (Å²) in [6, 6.07) is 6.22. The van der Waals surface area contributed by atoms with E-state index in [1.807, 2.05) is 19.1 Å². The predicted octanol–water partition coefficient (Wildman–Crippen LogP) is 3.17. The third-order valence-corrected chi connectivity index (χ3v) is 3.26. The van der Waals surface area contributed by atoms with E-state index in [1.165, 1.54) is 0 Å². The molecule has 1 atom stereocenters. The SMILES string of the molecule is CCCc1nc2cc(N)ccc2n1C(C)COCC. The first-order chi connectivity index (χ1) is 9.17. The molecule has 2 rings (SSSR count). The lowest BCUT2D eigenvalue weighted by atomic mass is 10.2. The summed E-state index contributed by atoms with van der Waals surface area (Å²) in [6.07, 6.45) is 2.06. The number of aromatic nitrogens is 2. The highest BCUT2D eigenvalue weighted by molar-refractivity contribution is 5.79. The van der Waals surface area contributed by atoms with Gasteiger partial charge in [-0.2, -0.15) is 0 Å². The molecule has 1 aromatic carbocycles. The Kier molecular flexibility index (Phi) is 4.43. The van der Waals surface area contributed by atoms with Crippen molar-refractivity contribution in [3.05, 3.63) is 24.0 Å². The third kappa shape index (κ3) is 2.89. The van der Waals surface area contributed by atoms with E-state index in [4.69, 9.17) is 15.5 Å². The molecule has 0 aliphatic rings. The first-order valence-electron chi connectivity index (χ1n) is 7.01. The van der Waals surface area contributed by atoms with Gasteiger partial charge in [0.1, 0.15) is 5.82 Å². The van der Waals surface area contributed by atoms with Gasteiger partial charge in [0.15, 0.2) is 0 Å². The van der Waals surface area contributed by atoms with Crippen molar-refractivity contribution < 1.29 is 4.74 Å². The molecule has 0 amide bonds. The van der Waals surface area contributed by atoms with Crippen molar-refractivity contribution in [2.24, 2.45) is 0 Å². The largest absolute Gasteiger partial charge is 0.399 e. The van der Waals surface area contributed by atoms with E-state index in [1.54, 1.807) is 0 Å². The summed E-state index contributed by atoms with van der Waals surface area (Å²) in [5.74, 6) is 1.12. The minimum Gasteiger partial charge on any atom is -0.399 e. The van der Waals surface area contributed by atoms with Crippen LogP contribution in [0.15, 0.2) is 18.2 Å². The number of anilines is 1. The van der Waals surface area contributed by atoms with E-state index in [-0.39, 0.29) is 6.04 Å². The monoisotopic (exact) mass is 261 g/mol. The standard InChI is InChI=1S/C15H23N3O/c1-4-6-15-17-13-9-12(16)7-8-14(13)18(15)11(3)10-19-5-2/h7-9,11H,4-6,10,16H2,1-3H3. The second-order valence-electron chi connectivity index (χ2n) is 4.90. The number of ether oxygens (including phenoxy) is 1. The Balaban J connectivity index is 2.45. The molecular formula is C15H23N3O. The van der Waals surface area contributed by atoms with E-state index in [0.717, 1.165) is 42.0 Å². The molecular weight excluding hydrogens is 238 g/mol. The summed E-state index contributed by atoms with van der Waals surface area (Å²) >= 11 is 0. The van der Waals surface area contributed by atoms with Gasteiger partial charge in [0, 0.05) is 18.7 Å². The minimum absolute atomic E-state index is 0.287. The van der Waals surface area contributed by atoms with Gasteiger partial charge >= 0.3 is 0 Å². The molecule has 0 spiro atoms. The number of nitrogens with zero attached hydrogens (tertiary/aromatic N) is 2. The molecule has 0 aliphatic heterocycles. The number of fused-ring (bicyclic) bond motifs is 1. The van der Waals surface area contributed by atoms with Crippen molar-refractivity contribution in [3.8, 4) is 0 Å². The number of hydrogen-bond donors (Lipinski definition) is 1. The highest BCUT2D eigenvalue weighted by Crippen LogP contribution is 2.24. The van der Waals surface area contributed by atoms with Crippen LogP contribution in [0.25, 0.3) is 11.0 Å². The second-order valence-corrected chi connectivity index (χ2v) is 4.90. The van der Waals surface area contributed by atoms with Gasteiger partial charge in [-0.05, 0) is 38.5 Å². The lowest BCUT2D eigenvalue weighted by molar-refractivity contribution is 0.119. The average molecular weight is 261 g/mol. The zero-order chi connectivity index (χ0) is 13.8. The smallest absolute Gasteiger partial charge is 0.110 e. The molecule has 0 aliphatic carbocycles. The molecule has 0 radical (unpaired) electrons. The lowest BCUT2D eigenvalue weighted by Crippen LogP contribution is -2.15. The molecule has 0 saturated heterocycles. The van der Waals surface area contributed by atoms with Crippen molar-refractivity contribution in [3.63, 3.8) is 0 Å². The number of hydrogen-bond acceptors (Lipinski definition) is 3. The summed E-state index contributed by atoms with van der Waals surface area (Å²) in [4.78, 5) is 4.72. The molecule has 1 unspecified atom stereocenters. The highest BCUT2D eigenvalue weighted by Gasteiger charge is 2.15. The zero-order valence-electron chi connectivity index (χ0n) is 12.0. The van der Waals surface area contributed by atoms with E-state index in [0.29, 0.717) is 6.61 Å². The first kappa shape index (κ1) is 13.9. The number of nitrogen functional groups attached to an aromatic ring is 1. The predicted molar refractivity (Wildman–Crippen MR) is 79.3 cm³/mol. The Hall–Kier alpha value is -1.55. The lowest BCUT2D eigenvalue weighted by Gasteiger charge is -2.17. The molecule has 1 aromatic heterocycles. The maximum absolute atomic E-state index is 5.84. The summed E-state index contributed by atoms with van der Waals surface area (Å²) in [5.41, 5.74) is 8.72. The fourth-order valence-corrected chi connectivity index (χ4v) is 2.42. The summed E-state index contributed by atoms with van der Waals surface area (Å²) < 4.78 is 7.84. The molecule has 104 valence electrons. The van der Waals surface area contributed by atoms with Crippen molar-refractivity contribution in [1.29, 1.82) is 0 Å². The zero-order valence-corrected chi connectivity index (χ0v) is 12.0. The molecule has 2 N–H and O–H groups in total. The van der Waals surface area contributed by atoms with Crippen LogP contribution in [0.4, 0.5) is 5.69 Å². The van der Waals surface area contributed by atoms with E-state index in [2.05, 4.69) is 24.5 Å². The van der Waals surface area contributed by atoms with Crippen LogP contribution in [0.5, 0.6) is 0 Å². The van der Waals surface area contributed by atoms with Crippen molar-refractivity contribution in [1.82, 2.24) is 9.55 Å².